The SMILES string of the molecule is [2H]C([2H])([2H])c1ccc(-c2cc(C)cc(C(C)(C)c3cc(C)cc(-c4ccccc4)n3)n2)c2oc3nc(C)ccc3c12. The van der Waals surface area contributed by atoms with Crippen molar-refractivity contribution < 1.29 is 8.53 Å². The molecule has 0 aliphatic heterocycles. The largest absolute Gasteiger partial charge is 0.437 e. The molecular formula is C34H31N3O. The van der Waals surface area contributed by atoms with Crippen LogP contribution in [0.25, 0.3) is 44.6 Å². The fourth-order valence-electron chi connectivity index (χ4n) is 5.06. The minimum Gasteiger partial charge on any atom is -0.437 e. The highest BCUT2D eigenvalue weighted by molar-refractivity contribution is 6.10. The Labute approximate surface area is 227 Å². The van der Waals surface area contributed by atoms with Crippen molar-refractivity contribution in [3.05, 3.63) is 113 Å². The van der Waals surface area contributed by atoms with Gasteiger partial charge in [0, 0.05) is 37.1 Å². The van der Waals surface area contributed by atoms with Crippen LogP contribution in [0.1, 0.15) is 51.7 Å². The molecule has 6 aromatic rings. The average molecular weight is 501 g/mol. The Morgan fingerprint density at radius 3 is 2.13 bits per heavy atom. The Bertz CT molecular complexity index is 1940. The van der Waals surface area contributed by atoms with Gasteiger partial charge in [0.1, 0.15) is 5.58 Å². The van der Waals surface area contributed by atoms with Gasteiger partial charge in [0.2, 0.25) is 5.71 Å². The number of hydrogen-bond acceptors (Lipinski definition) is 4. The Hall–Kier alpha value is -4.31. The fourth-order valence-corrected chi connectivity index (χ4v) is 5.06. The first-order valence-electron chi connectivity index (χ1n) is 14.3. The molecule has 4 aromatic heterocycles. The van der Waals surface area contributed by atoms with Crippen molar-refractivity contribution >= 4 is 22.1 Å². The number of aryl methyl sites for hydroxylation is 4. The molecular weight excluding hydrogens is 466 g/mol. The minimum atomic E-state index is -2.31. The molecule has 0 aliphatic carbocycles. The standard InChI is InChI=1S/C34H31N3O/c1-20-16-27(24-10-8-7-9-11-24)36-29(18-20)34(5,6)30-19-21(2)17-28(37-30)25-14-12-22(3)31-26-15-13-23(4)35-33(26)38-32(25)31/h7-19H,1-6H3/i3D3. The summed E-state index contributed by atoms with van der Waals surface area (Å²) in [7, 11) is 0. The van der Waals surface area contributed by atoms with Crippen LogP contribution in [-0.2, 0) is 5.41 Å². The molecule has 0 spiro atoms. The van der Waals surface area contributed by atoms with Gasteiger partial charge in [0.25, 0.3) is 0 Å². The fraction of sp³-hybridized carbons (Fsp3) is 0.206. The molecule has 0 atom stereocenters. The topological polar surface area (TPSA) is 51.8 Å². The van der Waals surface area contributed by atoms with E-state index in [1.807, 2.05) is 50.2 Å². The van der Waals surface area contributed by atoms with Crippen LogP contribution in [0.2, 0.25) is 0 Å². The molecule has 0 radical (unpaired) electrons. The van der Waals surface area contributed by atoms with E-state index in [1.165, 1.54) is 0 Å². The number of nitrogens with zero attached hydrogens (tertiary/aromatic N) is 3. The van der Waals surface area contributed by atoms with E-state index in [1.54, 1.807) is 12.1 Å². The number of fused-ring (bicyclic) bond motifs is 3. The second-order valence-corrected chi connectivity index (χ2v) is 10.6. The van der Waals surface area contributed by atoms with Crippen molar-refractivity contribution in [3.63, 3.8) is 0 Å². The number of furan rings is 1. The van der Waals surface area contributed by atoms with E-state index in [-0.39, 0.29) is 5.56 Å². The molecule has 4 nitrogen and oxygen atoms in total. The Morgan fingerprint density at radius 2 is 1.42 bits per heavy atom. The molecule has 0 bridgehead atoms. The van der Waals surface area contributed by atoms with Gasteiger partial charge in [-0.2, -0.15) is 0 Å². The van der Waals surface area contributed by atoms with E-state index in [0.29, 0.717) is 27.8 Å². The molecule has 0 amide bonds. The molecule has 188 valence electrons. The van der Waals surface area contributed by atoms with Crippen LogP contribution in [-0.4, -0.2) is 15.0 Å². The summed E-state index contributed by atoms with van der Waals surface area (Å²) in [5, 5.41) is 1.24. The normalized spacial score (nSPS) is 13.4. The van der Waals surface area contributed by atoms with E-state index in [4.69, 9.17) is 18.5 Å². The zero-order valence-corrected chi connectivity index (χ0v) is 22.3. The van der Waals surface area contributed by atoms with E-state index >= 15 is 0 Å². The van der Waals surface area contributed by atoms with Crippen LogP contribution in [0.4, 0.5) is 0 Å². The predicted molar refractivity (Wildman–Crippen MR) is 155 cm³/mol. The first-order valence-corrected chi connectivity index (χ1v) is 12.8. The molecule has 0 fully saturated rings. The average Bonchev–Trinajstić information content (AvgIpc) is 3.30. The van der Waals surface area contributed by atoms with E-state index < -0.39 is 12.3 Å². The monoisotopic (exact) mass is 500 g/mol. The molecule has 0 unspecified atom stereocenters. The van der Waals surface area contributed by atoms with Gasteiger partial charge in [-0.3, -0.25) is 9.97 Å². The van der Waals surface area contributed by atoms with Crippen LogP contribution < -0.4 is 0 Å². The molecule has 6 rings (SSSR count). The maximum atomic E-state index is 8.18. The van der Waals surface area contributed by atoms with Gasteiger partial charge < -0.3 is 4.42 Å². The van der Waals surface area contributed by atoms with Crippen LogP contribution in [0.15, 0.2) is 83.3 Å². The number of rotatable bonds is 4. The highest BCUT2D eigenvalue weighted by atomic mass is 16.3. The van der Waals surface area contributed by atoms with Gasteiger partial charge in [-0.25, -0.2) is 4.98 Å². The molecule has 0 aliphatic rings. The zero-order valence-electron chi connectivity index (χ0n) is 25.3. The molecule has 0 saturated carbocycles. The molecule has 4 heteroatoms. The number of pyridine rings is 3. The second-order valence-electron chi connectivity index (χ2n) is 10.6. The first-order chi connectivity index (χ1) is 19.4. The summed E-state index contributed by atoms with van der Waals surface area (Å²) in [6.07, 6.45) is 0. The summed E-state index contributed by atoms with van der Waals surface area (Å²) in [5.41, 5.74) is 8.80. The van der Waals surface area contributed by atoms with Gasteiger partial charge in [-0.05, 0) is 101 Å². The summed E-state index contributed by atoms with van der Waals surface area (Å²) < 4.78 is 30.8. The maximum absolute atomic E-state index is 8.18. The van der Waals surface area contributed by atoms with Gasteiger partial charge in [-0.15, -0.1) is 0 Å². The zero-order chi connectivity index (χ0) is 29.1. The maximum Gasteiger partial charge on any atom is 0.227 e. The van der Waals surface area contributed by atoms with Crippen molar-refractivity contribution in [2.45, 2.75) is 46.9 Å². The lowest BCUT2D eigenvalue weighted by Crippen LogP contribution is -2.23. The summed E-state index contributed by atoms with van der Waals surface area (Å²) in [6, 6.07) is 25.7. The van der Waals surface area contributed by atoms with Crippen molar-refractivity contribution in [1.29, 1.82) is 0 Å². The molecule has 0 N–H and O–H groups in total. The van der Waals surface area contributed by atoms with Crippen LogP contribution >= 0.6 is 0 Å². The smallest absolute Gasteiger partial charge is 0.227 e. The van der Waals surface area contributed by atoms with Crippen molar-refractivity contribution in [3.8, 4) is 22.5 Å². The van der Waals surface area contributed by atoms with Gasteiger partial charge in [0.15, 0.2) is 0 Å². The van der Waals surface area contributed by atoms with E-state index in [0.717, 1.165) is 45.0 Å². The van der Waals surface area contributed by atoms with Crippen LogP contribution in [0.3, 0.4) is 0 Å². The van der Waals surface area contributed by atoms with Gasteiger partial charge in [-0.1, -0.05) is 36.4 Å². The number of hydrogen-bond donors (Lipinski definition) is 0. The predicted octanol–water partition coefficient (Wildman–Crippen LogP) is 8.66. The lowest BCUT2D eigenvalue weighted by molar-refractivity contribution is 0.595. The summed E-state index contributed by atoms with van der Waals surface area (Å²) >= 11 is 0. The summed E-state index contributed by atoms with van der Waals surface area (Å²) in [4.78, 5) is 14.8. The van der Waals surface area contributed by atoms with Crippen molar-refractivity contribution in [2.75, 3.05) is 0 Å². The third-order valence-electron chi connectivity index (χ3n) is 7.19. The van der Waals surface area contributed by atoms with Gasteiger partial charge in [0.05, 0.1) is 22.8 Å². The Kier molecular flexibility index (Phi) is 4.86. The number of aromatic nitrogens is 3. The lowest BCUT2D eigenvalue weighted by Gasteiger charge is -2.26. The lowest BCUT2D eigenvalue weighted by atomic mass is 9.83. The summed E-state index contributed by atoms with van der Waals surface area (Å²) in [6.45, 7) is 7.98. The van der Waals surface area contributed by atoms with Crippen LogP contribution in [0, 0.1) is 27.6 Å². The third-order valence-corrected chi connectivity index (χ3v) is 7.19. The second kappa shape index (κ2) is 8.91. The molecule has 38 heavy (non-hydrogen) atoms. The number of benzene rings is 2. The van der Waals surface area contributed by atoms with E-state index in [2.05, 4.69) is 56.1 Å². The highest BCUT2D eigenvalue weighted by Gasteiger charge is 2.28. The third kappa shape index (κ3) is 4.06. The summed E-state index contributed by atoms with van der Waals surface area (Å²) in [5.74, 6) is 0. The molecule has 0 saturated heterocycles. The van der Waals surface area contributed by atoms with Crippen molar-refractivity contribution in [2.24, 2.45) is 0 Å². The Morgan fingerprint density at radius 1 is 0.737 bits per heavy atom. The minimum absolute atomic E-state index is 0.242. The molecule has 4 heterocycles. The quantitative estimate of drug-likeness (QED) is 0.243. The van der Waals surface area contributed by atoms with Crippen molar-refractivity contribution in [1.82, 2.24) is 15.0 Å². The highest BCUT2D eigenvalue weighted by Crippen LogP contribution is 2.39. The first kappa shape index (κ1) is 20.7. The van der Waals surface area contributed by atoms with Gasteiger partial charge >= 0.3 is 0 Å². The van der Waals surface area contributed by atoms with E-state index in [9.17, 15) is 0 Å². The Balaban J connectivity index is 1.54. The molecule has 2 aromatic carbocycles. The van der Waals surface area contributed by atoms with Crippen LogP contribution in [0.5, 0.6) is 0 Å².